The lowest BCUT2D eigenvalue weighted by Crippen LogP contribution is -2.21. The van der Waals surface area contributed by atoms with E-state index in [9.17, 15) is 4.39 Å². The van der Waals surface area contributed by atoms with Crippen molar-refractivity contribution < 1.29 is 9.13 Å². The second-order valence-corrected chi connectivity index (χ2v) is 4.51. The van der Waals surface area contributed by atoms with Crippen molar-refractivity contribution in [3.8, 4) is 5.75 Å². The summed E-state index contributed by atoms with van der Waals surface area (Å²) in [7, 11) is 0. The Hall–Kier alpha value is -1.58. The summed E-state index contributed by atoms with van der Waals surface area (Å²) in [5, 5.41) is 3.53. The van der Waals surface area contributed by atoms with E-state index in [1.54, 1.807) is 12.1 Å². The maximum absolute atomic E-state index is 13.5. The van der Waals surface area contributed by atoms with Gasteiger partial charge in [0.05, 0.1) is 0 Å². The topological polar surface area (TPSA) is 21.3 Å². The summed E-state index contributed by atoms with van der Waals surface area (Å²) in [6.45, 7) is 1.65. The van der Waals surface area contributed by atoms with Gasteiger partial charge in [-0.15, -0.1) is 0 Å². The number of halogens is 2. The zero-order chi connectivity index (χ0) is 13.5. The van der Waals surface area contributed by atoms with E-state index in [0.717, 1.165) is 5.75 Å². The molecule has 2 nitrogen and oxygen atoms in total. The summed E-state index contributed by atoms with van der Waals surface area (Å²) in [6, 6.07) is 14.3. The van der Waals surface area contributed by atoms with Crippen LogP contribution < -0.4 is 10.1 Å². The molecule has 0 heterocycles. The van der Waals surface area contributed by atoms with Gasteiger partial charge in [-0.05, 0) is 24.3 Å². The number of hydrogen-bond donors (Lipinski definition) is 1. The van der Waals surface area contributed by atoms with E-state index < -0.39 is 0 Å². The minimum Gasteiger partial charge on any atom is -0.492 e. The second kappa shape index (κ2) is 7.12. The molecule has 0 amide bonds. The third-order valence-electron chi connectivity index (χ3n) is 2.62. The van der Waals surface area contributed by atoms with Crippen LogP contribution in [0.15, 0.2) is 48.5 Å². The maximum Gasteiger partial charge on any atom is 0.129 e. The van der Waals surface area contributed by atoms with Gasteiger partial charge in [0.25, 0.3) is 0 Å². The number of rotatable bonds is 6. The molecule has 0 bridgehead atoms. The monoisotopic (exact) mass is 279 g/mol. The molecule has 0 atom stereocenters. The highest BCUT2D eigenvalue weighted by molar-refractivity contribution is 6.30. The Morgan fingerprint density at radius 2 is 1.89 bits per heavy atom. The van der Waals surface area contributed by atoms with Crippen molar-refractivity contribution in [3.05, 3.63) is 64.9 Å². The van der Waals surface area contributed by atoms with Crippen LogP contribution >= 0.6 is 11.6 Å². The van der Waals surface area contributed by atoms with Gasteiger partial charge in [0.2, 0.25) is 0 Å². The Labute approximate surface area is 117 Å². The molecule has 0 aromatic heterocycles. The maximum atomic E-state index is 13.5. The van der Waals surface area contributed by atoms with Crippen molar-refractivity contribution in [1.29, 1.82) is 0 Å². The van der Waals surface area contributed by atoms with Crippen LogP contribution in [0.4, 0.5) is 4.39 Å². The molecular weight excluding hydrogens is 265 g/mol. The molecular formula is C15H15ClFNO. The molecule has 2 aromatic carbocycles. The van der Waals surface area contributed by atoms with Gasteiger partial charge in [-0.3, -0.25) is 0 Å². The second-order valence-electron chi connectivity index (χ2n) is 4.07. The van der Waals surface area contributed by atoms with Crippen molar-refractivity contribution in [2.45, 2.75) is 6.54 Å². The molecule has 4 heteroatoms. The molecule has 19 heavy (non-hydrogen) atoms. The summed E-state index contributed by atoms with van der Waals surface area (Å²) < 4.78 is 19.0. The highest BCUT2D eigenvalue weighted by Gasteiger charge is 2.02. The number of benzene rings is 2. The van der Waals surface area contributed by atoms with Crippen molar-refractivity contribution in [2.24, 2.45) is 0 Å². The Bertz CT molecular complexity index is 519. The van der Waals surface area contributed by atoms with Gasteiger partial charge in [0, 0.05) is 23.7 Å². The number of ether oxygens (including phenoxy) is 1. The molecule has 100 valence electrons. The standard InChI is InChI=1S/C15H15ClFNO/c16-13-7-6-12(15(17)10-13)11-18-8-9-19-14-4-2-1-3-5-14/h1-7,10,18H,8-9,11H2. The molecule has 0 radical (unpaired) electrons. The largest absolute Gasteiger partial charge is 0.492 e. The van der Waals surface area contributed by atoms with Gasteiger partial charge < -0.3 is 10.1 Å². The molecule has 0 saturated heterocycles. The van der Waals surface area contributed by atoms with Gasteiger partial charge in [0.1, 0.15) is 18.2 Å². The lowest BCUT2D eigenvalue weighted by Gasteiger charge is -2.08. The number of hydrogen-bond acceptors (Lipinski definition) is 2. The Balaban J connectivity index is 1.69. The fraction of sp³-hybridized carbons (Fsp3) is 0.200. The average Bonchev–Trinajstić information content (AvgIpc) is 2.42. The molecule has 0 aliphatic heterocycles. The van der Waals surface area contributed by atoms with E-state index in [4.69, 9.17) is 16.3 Å². The first-order chi connectivity index (χ1) is 9.25. The molecule has 0 aliphatic rings. The van der Waals surface area contributed by atoms with E-state index in [0.29, 0.717) is 30.3 Å². The van der Waals surface area contributed by atoms with Crippen LogP contribution in [0.3, 0.4) is 0 Å². The highest BCUT2D eigenvalue weighted by Crippen LogP contribution is 2.14. The van der Waals surface area contributed by atoms with E-state index in [2.05, 4.69) is 5.32 Å². The van der Waals surface area contributed by atoms with Gasteiger partial charge >= 0.3 is 0 Å². The predicted octanol–water partition coefficient (Wildman–Crippen LogP) is 3.65. The fourth-order valence-electron chi connectivity index (χ4n) is 1.65. The summed E-state index contributed by atoms with van der Waals surface area (Å²) in [5.74, 6) is 0.547. The third-order valence-corrected chi connectivity index (χ3v) is 2.86. The van der Waals surface area contributed by atoms with Gasteiger partial charge in [-0.25, -0.2) is 4.39 Å². The van der Waals surface area contributed by atoms with Crippen LogP contribution in [-0.4, -0.2) is 13.2 Å². The zero-order valence-electron chi connectivity index (χ0n) is 10.4. The van der Waals surface area contributed by atoms with Crippen LogP contribution in [0.1, 0.15) is 5.56 Å². The Kier molecular flexibility index (Phi) is 5.19. The van der Waals surface area contributed by atoms with Crippen molar-refractivity contribution >= 4 is 11.6 Å². The number of nitrogens with one attached hydrogen (secondary N) is 1. The van der Waals surface area contributed by atoms with Crippen LogP contribution in [0.5, 0.6) is 5.75 Å². The number of para-hydroxylation sites is 1. The average molecular weight is 280 g/mol. The van der Waals surface area contributed by atoms with Crippen LogP contribution in [0.25, 0.3) is 0 Å². The first-order valence-electron chi connectivity index (χ1n) is 6.08. The molecule has 0 spiro atoms. The predicted molar refractivity (Wildman–Crippen MR) is 75.1 cm³/mol. The van der Waals surface area contributed by atoms with Crippen LogP contribution in [0.2, 0.25) is 5.02 Å². The molecule has 0 unspecified atom stereocenters. The summed E-state index contributed by atoms with van der Waals surface area (Å²) in [6.07, 6.45) is 0. The third kappa shape index (κ3) is 4.54. The van der Waals surface area contributed by atoms with Crippen LogP contribution in [-0.2, 0) is 6.54 Å². The lowest BCUT2D eigenvalue weighted by atomic mass is 10.2. The van der Waals surface area contributed by atoms with Crippen molar-refractivity contribution in [3.63, 3.8) is 0 Å². The summed E-state index contributed by atoms with van der Waals surface area (Å²) in [4.78, 5) is 0. The SMILES string of the molecule is Fc1cc(Cl)ccc1CNCCOc1ccccc1. The van der Waals surface area contributed by atoms with Gasteiger partial charge in [0.15, 0.2) is 0 Å². The molecule has 0 fully saturated rings. The van der Waals surface area contributed by atoms with Gasteiger partial charge in [-0.1, -0.05) is 35.9 Å². The lowest BCUT2D eigenvalue weighted by molar-refractivity contribution is 0.313. The fourth-order valence-corrected chi connectivity index (χ4v) is 1.80. The van der Waals surface area contributed by atoms with E-state index in [1.807, 2.05) is 30.3 Å². The first-order valence-corrected chi connectivity index (χ1v) is 6.46. The highest BCUT2D eigenvalue weighted by atomic mass is 35.5. The molecule has 1 N–H and O–H groups in total. The van der Waals surface area contributed by atoms with Crippen LogP contribution in [0, 0.1) is 5.82 Å². The minimum atomic E-state index is -0.288. The van der Waals surface area contributed by atoms with E-state index >= 15 is 0 Å². The molecule has 0 aliphatic carbocycles. The zero-order valence-corrected chi connectivity index (χ0v) is 11.2. The first kappa shape index (κ1) is 13.8. The Morgan fingerprint density at radius 1 is 1.11 bits per heavy atom. The smallest absolute Gasteiger partial charge is 0.129 e. The summed E-state index contributed by atoms with van der Waals surface area (Å²) in [5.41, 5.74) is 0.601. The van der Waals surface area contributed by atoms with Crippen molar-refractivity contribution in [2.75, 3.05) is 13.2 Å². The van der Waals surface area contributed by atoms with Gasteiger partial charge in [-0.2, -0.15) is 0 Å². The molecule has 0 saturated carbocycles. The quantitative estimate of drug-likeness (QED) is 0.815. The Morgan fingerprint density at radius 3 is 2.63 bits per heavy atom. The molecule has 2 rings (SSSR count). The van der Waals surface area contributed by atoms with E-state index in [-0.39, 0.29) is 5.82 Å². The van der Waals surface area contributed by atoms with Crippen molar-refractivity contribution in [1.82, 2.24) is 5.32 Å². The van der Waals surface area contributed by atoms with E-state index in [1.165, 1.54) is 6.07 Å². The molecule has 2 aromatic rings. The minimum absolute atomic E-state index is 0.288. The normalized spacial score (nSPS) is 10.4. The summed E-state index contributed by atoms with van der Waals surface area (Å²) >= 11 is 5.69.